The van der Waals surface area contributed by atoms with Gasteiger partial charge in [-0.15, -0.1) is 24.0 Å². The quantitative estimate of drug-likeness (QED) is 0.344. The van der Waals surface area contributed by atoms with Gasteiger partial charge < -0.3 is 10.2 Å². The highest BCUT2D eigenvalue weighted by molar-refractivity contribution is 14.0. The molecule has 0 amide bonds. The molecule has 2 aromatic rings. The van der Waals surface area contributed by atoms with E-state index in [4.69, 9.17) is 0 Å². The minimum absolute atomic E-state index is 0. The van der Waals surface area contributed by atoms with Crippen molar-refractivity contribution < 1.29 is 0 Å². The van der Waals surface area contributed by atoms with Gasteiger partial charge in [0.1, 0.15) is 0 Å². The van der Waals surface area contributed by atoms with Gasteiger partial charge in [0.25, 0.3) is 0 Å². The largest absolute Gasteiger partial charge is 0.355 e. The SMILES string of the molecule is CN=C(NCC1(c2ccccc2Br)CC1)N1CCC(Cc2cnn(C)c2)C1.I. The summed E-state index contributed by atoms with van der Waals surface area (Å²) in [6.45, 7) is 3.09. The van der Waals surface area contributed by atoms with Crippen LogP contribution in [0.15, 0.2) is 46.1 Å². The fraction of sp³-hybridized carbons (Fsp3) is 0.524. The Kier molecular flexibility index (Phi) is 7.07. The lowest BCUT2D eigenvalue weighted by Crippen LogP contribution is -2.43. The van der Waals surface area contributed by atoms with Gasteiger partial charge in [-0.3, -0.25) is 9.67 Å². The molecule has 1 N–H and O–H groups in total. The highest BCUT2D eigenvalue weighted by Gasteiger charge is 2.45. The number of aromatic nitrogens is 2. The monoisotopic (exact) mass is 557 g/mol. The molecule has 1 aliphatic carbocycles. The maximum atomic E-state index is 4.57. The molecule has 1 aromatic carbocycles. The van der Waals surface area contributed by atoms with Gasteiger partial charge in [0, 0.05) is 49.8 Å². The molecule has 0 spiro atoms. The van der Waals surface area contributed by atoms with Crippen molar-refractivity contribution in [3.8, 4) is 0 Å². The van der Waals surface area contributed by atoms with Crippen molar-refractivity contribution in [3.05, 3.63) is 52.3 Å². The van der Waals surface area contributed by atoms with Gasteiger partial charge in [-0.1, -0.05) is 34.1 Å². The summed E-state index contributed by atoms with van der Waals surface area (Å²) in [5, 5.41) is 7.96. The second-order valence-corrected chi connectivity index (χ2v) is 8.84. The maximum absolute atomic E-state index is 4.57. The molecule has 1 aliphatic heterocycles. The van der Waals surface area contributed by atoms with Crippen molar-refractivity contribution in [2.45, 2.75) is 31.1 Å². The van der Waals surface area contributed by atoms with Crippen molar-refractivity contribution in [2.75, 3.05) is 26.7 Å². The lowest BCUT2D eigenvalue weighted by Gasteiger charge is -2.25. The first-order chi connectivity index (χ1) is 13.1. The number of rotatable bonds is 5. The van der Waals surface area contributed by atoms with E-state index >= 15 is 0 Å². The van der Waals surface area contributed by atoms with E-state index < -0.39 is 0 Å². The van der Waals surface area contributed by atoms with Crippen LogP contribution in [-0.4, -0.2) is 47.3 Å². The van der Waals surface area contributed by atoms with Crippen LogP contribution in [0.4, 0.5) is 0 Å². The van der Waals surface area contributed by atoms with Gasteiger partial charge >= 0.3 is 0 Å². The van der Waals surface area contributed by atoms with Crippen LogP contribution in [-0.2, 0) is 18.9 Å². The van der Waals surface area contributed by atoms with Crippen LogP contribution in [0, 0.1) is 5.92 Å². The fourth-order valence-corrected chi connectivity index (χ4v) is 4.97. The average molecular weight is 558 g/mol. The number of guanidine groups is 1. The summed E-state index contributed by atoms with van der Waals surface area (Å²) < 4.78 is 3.11. The zero-order valence-electron chi connectivity index (χ0n) is 16.6. The molecule has 1 aromatic heterocycles. The van der Waals surface area contributed by atoms with Gasteiger partial charge in [-0.25, -0.2) is 0 Å². The fourth-order valence-electron chi connectivity index (χ4n) is 4.27. The van der Waals surface area contributed by atoms with Crippen LogP contribution in [0.1, 0.15) is 30.4 Å². The van der Waals surface area contributed by atoms with Crippen LogP contribution < -0.4 is 5.32 Å². The predicted molar refractivity (Wildman–Crippen MR) is 128 cm³/mol. The van der Waals surface area contributed by atoms with Gasteiger partial charge in [0.2, 0.25) is 0 Å². The number of nitrogens with zero attached hydrogens (tertiary/aromatic N) is 4. The van der Waals surface area contributed by atoms with E-state index in [-0.39, 0.29) is 29.4 Å². The number of hydrogen-bond acceptors (Lipinski definition) is 2. The zero-order chi connectivity index (χ0) is 18.9. The number of aliphatic imine (C=N–C) groups is 1. The van der Waals surface area contributed by atoms with Crippen molar-refractivity contribution in [3.63, 3.8) is 0 Å². The smallest absolute Gasteiger partial charge is 0.193 e. The predicted octanol–water partition coefficient (Wildman–Crippen LogP) is 3.97. The second kappa shape index (κ2) is 9.15. The second-order valence-electron chi connectivity index (χ2n) is 7.99. The summed E-state index contributed by atoms with van der Waals surface area (Å²) in [5.41, 5.74) is 3.01. The normalized spacial score (nSPS) is 20.8. The van der Waals surface area contributed by atoms with Crippen LogP contribution in [0.2, 0.25) is 0 Å². The molecule has 1 saturated carbocycles. The zero-order valence-corrected chi connectivity index (χ0v) is 20.5. The van der Waals surface area contributed by atoms with Gasteiger partial charge in [-0.2, -0.15) is 5.10 Å². The van der Waals surface area contributed by atoms with Crippen LogP contribution in [0.25, 0.3) is 0 Å². The summed E-state index contributed by atoms with van der Waals surface area (Å²) in [6.07, 6.45) is 8.91. The number of likely N-dealkylation sites (tertiary alicyclic amines) is 1. The molecule has 1 saturated heterocycles. The molecule has 1 atom stereocenters. The van der Waals surface area contributed by atoms with Gasteiger partial charge in [0.05, 0.1) is 6.20 Å². The number of hydrogen-bond donors (Lipinski definition) is 1. The minimum Gasteiger partial charge on any atom is -0.355 e. The number of aryl methyl sites for hydroxylation is 1. The highest BCUT2D eigenvalue weighted by Crippen LogP contribution is 2.49. The standard InChI is InChI=1S/C21H28BrN5.HI/c1-23-20(24-15-21(8-9-21)18-5-3-4-6-19(18)22)27-10-7-16(14-27)11-17-12-25-26(2)13-17;/h3-6,12-13,16H,7-11,14-15H2,1-2H3,(H,23,24);1H. The highest BCUT2D eigenvalue weighted by atomic mass is 127. The molecule has 2 aliphatic rings. The third-order valence-corrected chi connectivity index (χ3v) is 6.66. The van der Waals surface area contributed by atoms with Crippen molar-refractivity contribution >= 4 is 45.9 Å². The van der Waals surface area contributed by atoms with Crippen LogP contribution >= 0.6 is 39.9 Å². The Morgan fingerprint density at radius 2 is 2.14 bits per heavy atom. The Labute approximate surface area is 193 Å². The molecular weight excluding hydrogens is 529 g/mol. The number of halogens is 2. The molecule has 7 heteroatoms. The molecule has 4 rings (SSSR count). The van der Waals surface area contributed by atoms with Crippen molar-refractivity contribution in [2.24, 2.45) is 18.0 Å². The Morgan fingerprint density at radius 1 is 1.36 bits per heavy atom. The van der Waals surface area contributed by atoms with Gasteiger partial charge in [0.15, 0.2) is 5.96 Å². The Balaban J connectivity index is 0.00000225. The molecule has 1 unspecified atom stereocenters. The van der Waals surface area contributed by atoms with E-state index in [1.807, 2.05) is 25.0 Å². The van der Waals surface area contributed by atoms with E-state index in [1.54, 1.807) is 0 Å². The first kappa shape index (κ1) is 21.6. The lowest BCUT2D eigenvalue weighted by atomic mass is 9.96. The first-order valence-electron chi connectivity index (χ1n) is 9.78. The third kappa shape index (κ3) is 4.72. The molecule has 152 valence electrons. The molecule has 5 nitrogen and oxygen atoms in total. The Bertz CT molecular complexity index is 830. The lowest BCUT2D eigenvalue weighted by molar-refractivity contribution is 0.455. The van der Waals surface area contributed by atoms with E-state index in [1.165, 1.54) is 34.9 Å². The average Bonchev–Trinajstić information content (AvgIpc) is 3.11. The summed E-state index contributed by atoms with van der Waals surface area (Å²) in [7, 11) is 3.88. The van der Waals surface area contributed by atoms with E-state index in [0.717, 1.165) is 32.0 Å². The molecule has 2 fully saturated rings. The van der Waals surface area contributed by atoms with E-state index in [2.05, 4.69) is 66.7 Å². The van der Waals surface area contributed by atoms with E-state index in [0.29, 0.717) is 5.92 Å². The van der Waals surface area contributed by atoms with Crippen LogP contribution in [0.3, 0.4) is 0 Å². The number of benzene rings is 1. The Morgan fingerprint density at radius 3 is 2.79 bits per heavy atom. The molecule has 0 bridgehead atoms. The third-order valence-electron chi connectivity index (χ3n) is 5.96. The van der Waals surface area contributed by atoms with E-state index in [9.17, 15) is 0 Å². The molecule has 2 heterocycles. The van der Waals surface area contributed by atoms with Crippen molar-refractivity contribution in [1.29, 1.82) is 0 Å². The van der Waals surface area contributed by atoms with Crippen LogP contribution in [0.5, 0.6) is 0 Å². The Hall–Kier alpha value is -1.09. The first-order valence-corrected chi connectivity index (χ1v) is 10.6. The molecular formula is C21H29BrIN5. The van der Waals surface area contributed by atoms with Gasteiger partial charge in [-0.05, 0) is 48.8 Å². The topological polar surface area (TPSA) is 45.5 Å². The molecule has 28 heavy (non-hydrogen) atoms. The summed E-state index contributed by atoms with van der Waals surface area (Å²) in [6, 6.07) is 8.62. The summed E-state index contributed by atoms with van der Waals surface area (Å²) >= 11 is 3.73. The maximum Gasteiger partial charge on any atom is 0.193 e. The summed E-state index contributed by atoms with van der Waals surface area (Å²) in [4.78, 5) is 6.98. The minimum atomic E-state index is 0. The summed E-state index contributed by atoms with van der Waals surface area (Å²) in [5.74, 6) is 1.72. The number of nitrogens with one attached hydrogen (secondary N) is 1. The molecule has 0 radical (unpaired) electrons. The van der Waals surface area contributed by atoms with Crippen molar-refractivity contribution in [1.82, 2.24) is 20.0 Å².